The fraction of sp³-hybridized carbons (Fsp3) is 0.750. The van der Waals surface area contributed by atoms with Gasteiger partial charge in [0.1, 0.15) is 0 Å². The molecular weight excluding hydrogens is 291 g/mol. The zero-order valence-electron chi connectivity index (χ0n) is 11.2. The van der Waals surface area contributed by atoms with Crippen LogP contribution in [0, 0.1) is 0 Å². The number of β-amino-alcohol motifs (C(OH)–C–C–N with tert-alkyl or cyclic N) is 1. The molecule has 2 rings (SSSR count). The van der Waals surface area contributed by atoms with Crippen molar-refractivity contribution < 1.29 is 18.3 Å². The van der Waals surface area contributed by atoms with E-state index in [4.69, 9.17) is 0 Å². The third-order valence-corrected chi connectivity index (χ3v) is 4.25. The zero-order valence-corrected chi connectivity index (χ0v) is 12.0. The van der Waals surface area contributed by atoms with Gasteiger partial charge in [0.2, 0.25) is 0 Å². The number of anilines is 1. The molecule has 1 aliphatic rings. The van der Waals surface area contributed by atoms with Crippen LogP contribution in [0.15, 0.2) is 11.6 Å². The minimum Gasteiger partial charge on any atom is -0.380 e. The van der Waals surface area contributed by atoms with E-state index >= 15 is 0 Å². The minimum absolute atomic E-state index is 0.387. The first-order chi connectivity index (χ1) is 9.29. The lowest BCUT2D eigenvalue weighted by Gasteiger charge is -2.32. The number of aromatic nitrogens is 1. The Morgan fingerprint density at radius 1 is 1.30 bits per heavy atom. The maximum absolute atomic E-state index is 12.7. The van der Waals surface area contributed by atoms with Gasteiger partial charge in [-0.3, -0.25) is 4.90 Å². The van der Waals surface area contributed by atoms with Crippen molar-refractivity contribution in [1.82, 2.24) is 9.88 Å². The Hall–Kier alpha value is -0.860. The first kappa shape index (κ1) is 15.5. The number of hydrogen-bond donors (Lipinski definition) is 1. The first-order valence-electron chi connectivity index (χ1n) is 6.45. The molecule has 20 heavy (non-hydrogen) atoms. The molecule has 0 aliphatic carbocycles. The molecule has 1 aromatic rings. The lowest BCUT2D eigenvalue weighted by molar-refractivity contribution is -0.257. The van der Waals surface area contributed by atoms with Crippen molar-refractivity contribution in [2.45, 2.75) is 25.1 Å². The largest absolute Gasteiger partial charge is 0.418 e. The van der Waals surface area contributed by atoms with Gasteiger partial charge in [-0.1, -0.05) is 0 Å². The predicted octanol–water partition coefficient (Wildman–Crippen LogP) is 1.97. The Kier molecular flexibility index (Phi) is 4.55. The quantitative estimate of drug-likeness (QED) is 0.927. The molecule has 0 bridgehead atoms. The SMILES string of the molecule is CC(O)(CN1CCCN(c2nccs2)CC1)C(F)(F)F. The molecular formula is C12H18F3N3OS. The van der Waals surface area contributed by atoms with Crippen LogP contribution in [0.5, 0.6) is 0 Å². The Bertz CT molecular complexity index is 422. The molecule has 0 amide bonds. The molecule has 1 saturated heterocycles. The standard InChI is InChI=1S/C12H18F3N3OS/c1-11(19,12(13,14)15)9-17-4-2-5-18(7-6-17)10-16-3-8-20-10/h3,8,19H,2,4-7,9H2,1H3. The Balaban J connectivity index is 1.93. The van der Waals surface area contributed by atoms with Crippen LogP contribution in [-0.4, -0.2) is 59.5 Å². The highest BCUT2D eigenvalue weighted by Gasteiger charge is 2.50. The van der Waals surface area contributed by atoms with Crippen LogP contribution in [0.1, 0.15) is 13.3 Å². The van der Waals surface area contributed by atoms with Crippen molar-refractivity contribution in [3.05, 3.63) is 11.6 Å². The monoisotopic (exact) mass is 309 g/mol. The van der Waals surface area contributed by atoms with Gasteiger partial charge in [-0.05, 0) is 13.3 Å². The molecule has 114 valence electrons. The van der Waals surface area contributed by atoms with Gasteiger partial charge < -0.3 is 10.0 Å². The van der Waals surface area contributed by atoms with E-state index in [2.05, 4.69) is 9.88 Å². The summed E-state index contributed by atoms with van der Waals surface area (Å²) < 4.78 is 38.1. The Morgan fingerprint density at radius 2 is 2.05 bits per heavy atom. The van der Waals surface area contributed by atoms with Crippen LogP contribution in [-0.2, 0) is 0 Å². The number of aliphatic hydroxyl groups is 1. The number of halogens is 3. The number of rotatable bonds is 3. The summed E-state index contributed by atoms with van der Waals surface area (Å²) in [5.41, 5.74) is -2.66. The predicted molar refractivity (Wildman–Crippen MR) is 72.1 cm³/mol. The fourth-order valence-electron chi connectivity index (χ4n) is 2.22. The molecule has 0 saturated carbocycles. The molecule has 4 nitrogen and oxygen atoms in total. The van der Waals surface area contributed by atoms with E-state index in [1.165, 1.54) is 11.3 Å². The molecule has 1 fully saturated rings. The van der Waals surface area contributed by atoms with Gasteiger partial charge >= 0.3 is 6.18 Å². The summed E-state index contributed by atoms with van der Waals surface area (Å²) in [5, 5.41) is 12.3. The van der Waals surface area contributed by atoms with Gasteiger partial charge in [0.05, 0.1) is 0 Å². The van der Waals surface area contributed by atoms with Crippen molar-refractivity contribution in [1.29, 1.82) is 0 Å². The van der Waals surface area contributed by atoms with Crippen molar-refractivity contribution >= 4 is 16.5 Å². The number of hydrogen-bond acceptors (Lipinski definition) is 5. The fourth-order valence-corrected chi connectivity index (χ4v) is 2.91. The van der Waals surface area contributed by atoms with E-state index in [0.717, 1.165) is 25.0 Å². The Labute approximate surface area is 119 Å². The summed E-state index contributed by atoms with van der Waals surface area (Å²) in [7, 11) is 0. The minimum atomic E-state index is -4.60. The molecule has 8 heteroatoms. The van der Waals surface area contributed by atoms with Crippen LogP contribution < -0.4 is 4.90 Å². The second-order valence-corrected chi connectivity index (χ2v) is 6.08. The summed E-state index contributed by atoms with van der Waals surface area (Å²) in [5.74, 6) is 0. The molecule has 1 aromatic heterocycles. The van der Waals surface area contributed by atoms with Crippen molar-refractivity contribution in [3.63, 3.8) is 0 Å². The second kappa shape index (κ2) is 5.87. The number of alkyl halides is 3. The maximum Gasteiger partial charge on any atom is 0.418 e. The van der Waals surface area contributed by atoms with Crippen molar-refractivity contribution in [2.75, 3.05) is 37.6 Å². The zero-order chi connectivity index (χ0) is 14.8. The summed E-state index contributed by atoms with van der Waals surface area (Å²) in [6, 6.07) is 0. The topological polar surface area (TPSA) is 39.6 Å². The highest BCUT2D eigenvalue weighted by atomic mass is 32.1. The molecule has 1 atom stereocenters. The van der Waals surface area contributed by atoms with Gasteiger partial charge in [0.25, 0.3) is 0 Å². The van der Waals surface area contributed by atoms with Gasteiger partial charge in [0, 0.05) is 44.3 Å². The summed E-state index contributed by atoms with van der Waals surface area (Å²) in [6.07, 6.45) is -2.13. The van der Waals surface area contributed by atoms with Crippen molar-refractivity contribution in [2.24, 2.45) is 0 Å². The summed E-state index contributed by atoms with van der Waals surface area (Å²) >= 11 is 1.52. The third kappa shape index (κ3) is 3.62. The van der Waals surface area contributed by atoms with E-state index in [9.17, 15) is 18.3 Å². The molecule has 0 radical (unpaired) electrons. The number of thiazole rings is 1. The molecule has 1 aliphatic heterocycles. The van der Waals surface area contributed by atoms with Crippen molar-refractivity contribution in [3.8, 4) is 0 Å². The average molecular weight is 309 g/mol. The molecule has 1 N–H and O–H groups in total. The number of nitrogens with zero attached hydrogens (tertiary/aromatic N) is 3. The normalized spacial score (nSPS) is 21.6. The summed E-state index contributed by atoms with van der Waals surface area (Å²) in [4.78, 5) is 7.96. The third-order valence-electron chi connectivity index (χ3n) is 3.42. The lowest BCUT2D eigenvalue weighted by atomic mass is 10.1. The van der Waals surface area contributed by atoms with Crippen LogP contribution in [0.4, 0.5) is 18.3 Å². The van der Waals surface area contributed by atoms with E-state index in [1.54, 1.807) is 11.1 Å². The van der Waals surface area contributed by atoms with Crippen LogP contribution >= 0.6 is 11.3 Å². The van der Waals surface area contributed by atoms with Gasteiger partial charge in [-0.25, -0.2) is 4.98 Å². The van der Waals surface area contributed by atoms with Crippen LogP contribution in [0.3, 0.4) is 0 Å². The highest BCUT2D eigenvalue weighted by molar-refractivity contribution is 7.13. The van der Waals surface area contributed by atoms with Gasteiger partial charge in [0.15, 0.2) is 10.7 Å². The summed E-state index contributed by atoms with van der Waals surface area (Å²) in [6.45, 7) is 2.89. The van der Waals surface area contributed by atoms with Gasteiger partial charge in [-0.15, -0.1) is 11.3 Å². The highest BCUT2D eigenvalue weighted by Crippen LogP contribution is 2.31. The van der Waals surface area contributed by atoms with Crippen LogP contribution in [0.2, 0.25) is 0 Å². The second-order valence-electron chi connectivity index (χ2n) is 5.20. The van der Waals surface area contributed by atoms with Gasteiger partial charge in [-0.2, -0.15) is 13.2 Å². The average Bonchev–Trinajstić information content (AvgIpc) is 2.76. The molecule has 1 unspecified atom stereocenters. The van der Waals surface area contributed by atoms with E-state index in [0.29, 0.717) is 19.6 Å². The maximum atomic E-state index is 12.7. The Morgan fingerprint density at radius 3 is 2.65 bits per heavy atom. The van der Waals surface area contributed by atoms with Crippen LogP contribution in [0.25, 0.3) is 0 Å². The molecule has 0 spiro atoms. The smallest absolute Gasteiger partial charge is 0.380 e. The molecule has 0 aromatic carbocycles. The van der Waals surface area contributed by atoms with E-state index < -0.39 is 11.8 Å². The molecule has 2 heterocycles. The van der Waals surface area contributed by atoms with E-state index in [-0.39, 0.29) is 6.54 Å². The lowest BCUT2D eigenvalue weighted by Crippen LogP contribution is -2.52. The first-order valence-corrected chi connectivity index (χ1v) is 7.33. The van der Waals surface area contributed by atoms with E-state index in [1.807, 2.05) is 5.38 Å².